The van der Waals surface area contributed by atoms with Gasteiger partial charge in [-0.2, -0.15) is 0 Å². The van der Waals surface area contributed by atoms with E-state index < -0.39 is 0 Å². The lowest BCUT2D eigenvalue weighted by atomic mass is 10.2. The van der Waals surface area contributed by atoms with Crippen molar-refractivity contribution in [2.24, 2.45) is 5.10 Å². The van der Waals surface area contributed by atoms with Crippen LogP contribution in [0, 0.1) is 6.92 Å². The summed E-state index contributed by atoms with van der Waals surface area (Å²) in [7, 11) is 0. The highest BCUT2D eigenvalue weighted by Crippen LogP contribution is 2.21. The van der Waals surface area contributed by atoms with Gasteiger partial charge in [0.2, 0.25) is 5.90 Å². The van der Waals surface area contributed by atoms with E-state index in [2.05, 4.69) is 5.10 Å². The second-order valence-corrected chi connectivity index (χ2v) is 3.11. The first kappa shape index (κ1) is 9.02. The minimum Gasteiger partial charge on any atom is -0.455 e. The highest BCUT2D eigenvalue weighted by molar-refractivity contribution is 5.80. The first-order valence-electron chi connectivity index (χ1n) is 4.45. The average Bonchev–Trinajstić information content (AvgIpc) is 2.67. The second kappa shape index (κ2) is 3.67. The molecular weight excluding hydrogens is 180 g/mol. The van der Waals surface area contributed by atoms with E-state index in [4.69, 9.17) is 9.84 Å². The third kappa shape index (κ3) is 1.56. The van der Waals surface area contributed by atoms with Crippen molar-refractivity contribution in [1.29, 1.82) is 0 Å². The fourth-order valence-electron chi connectivity index (χ4n) is 1.38. The number of ether oxygens (including phenoxy) is 1. The molecule has 0 unspecified atom stereocenters. The Bertz CT molecular complexity index is 363. The maximum Gasteiger partial charge on any atom is 0.234 e. The minimum atomic E-state index is -0.150. The molecule has 14 heavy (non-hydrogen) atoms. The average molecular weight is 192 g/mol. The predicted octanol–water partition coefficient (Wildman–Crippen LogP) is 1.09. The lowest BCUT2D eigenvalue weighted by Crippen LogP contribution is -2.13. The zero-order valence-corrected chi connectivity index (χ0v) is 7.97. The van der Waals surface area contributed by atoms with Crippen LogP contribution in [0.4, 0.5) is 5.69 Å². The van der Waals surface area contributed by atoms with Crippen LogP contribution in [0.1, 0.15) is 5.56 Å². The van der Waals surface area contributed by atoms with E-state index in [0.717, 1.165) is 11.3 Å². The third-order valence-electron chi connectivity index (χ3n) is 2.11. The van der Waals surface area contributed by atoms with Crippen molar-refractivity contribution in [2.45, 2.75) is 6.92 Å². The van der Waals surface area contributed by atoms with Gasteiger partial charge in [0.1, 0.15) is 6.61 Å². The van der Waals surface area contributed by atoms with E-state index in [9.17, 15) is 0 Å². The Hall–Kier alpha value is -1.55. The topological polar surface area (TPSA) is 45.1 Å². The molecule has 0 fully saturated rings. The molecule has 1 aromatic rings. The number of nitrogens with zero attached hydrogens (tertiary/aromatic N) is 2. The predicted molar refractivity (Wildman–Crippen MR) is 54.1 cm³/mol. The van der Waals surface area contributed by atoms with E-state index in [-0.39, 0.29) is 6.61 Å². The fraction of sp³-hybridized carbons (Fsp3) is 0.300. The van der Waals surface area contributed by atoms with Gasteiger partial charge in [-0.25, -0.2) is 5.01 Å². The molecule has 0 atom stereocenters. The molecule has 0 bridgehead atoms. The number of aryl methyl sites for hydroxylation is 1. The summed E-state index contributed by atoms with van der Waals surface area (Å²) < 4.78 is 5.15. The molecule has 0 aliphatic carbocycles. The Morgan fingerprint density at radius 2 is 2.29 bits per heavy atom. The van der Waals surface area contributed by atoms with E-state index in [1.54, 1.807) is 5.01 Å². The molecule has 1 N–H and O–H groups in total. The van der Waals surface area contributed by atoms with Crippen LogP contribution in [0.5, 0.6) is 0 Å². The zero-order chi connectivity index (χ0) is 9.97. The van der Waals surface area contributed by atoms with Gasteiger partial charge in [0.25, 0.3) is 0 Å². The Labute approximate surface area is 82.4 Å². The Morgan fingerprint density at radius 1 is 1.50 bits per heavy atom. The van der Waals surface area contributed by atoms with Gasteiger partial charge in [-0.1, -0.05) is 18.2 Å². The van der Waals surface area contributed by atoms with Crippen LogP contribution in [-0.2, 0) is 4.74 Å². The molecular formula is C10H12N2O2. The molecule has 1 heterocycles. The van der Waals surface area contributed by atoms with E-state index in [1.807, 2.05) is 31.2 Å². The molecule has 1 aliphatic heterocycles. The van der Waals surface area contributed by atoms with Gasteiger partial charge < -0.3 is 9.84 Å². The summed E-state index contributed by atoms with van der Waals surface area (Å²) in [5, 5.41) is 14.7. The molecule has 0 aromatic heterocycles. The van der Waals surface area contributed by atoms with Gasteiger partial charge in [-0.05, 0) is 18.6 Å². The van der Waals surface area contributed by atoms with Gasteiger partial charge in [-0.15, -0.1) is 5.10 Å². The first-order valence-corrected chi connectivity index (χ1v) is 4.45. The molecule has 0 amide bonds. The lowest BCUT2D eigenvalue weighted by molar-refractivity contribution is 0.278. The van der Waals surface area contributed by atoms with Crippen molar-refractivity contribution in [3.05, 3.63) is 29.8 Å². The molecule has 0 saturated heterocycles. The van der Waals surface area contributed by atoms with Crippen molar-refractivity contribution in [3.63, 3.8) is 0 Å². The highest BCUT2D eigenvalue weighted by Gasteiger charge is 2.16. The fourth-order valence-corrected chi connectivity index (χ4v) is 1.38. The third-order valence-corrected chi connectivity index (χ3v) is 2.11. The number of rotatable bonds is 2. The number of aliphatic hydroxyl groups is 1. The molecule has 0 saturated carbocycles. The largest absolute Gasteiger partial charge is 0.455 e. The SMILES string of the molecule is Cc1ccccc1N1COC(CO)=N1. The molecule has 1 aromatic carbocycles. The number of benzene rings is 1. The lowest BCUT2D eigenvalue weighted by Gasteiger charge is -2.13. The molecule has 74 valence electrons. The molecule has 1 aliphatic rings. The van der Waals surface area contributed by atoms with Gasteiger partial charge in [0.05, 0.1) is 5.69 Å². The Morgan fingerprint density at radius 3 is 2.93 bits per heavy atom. The summed E-state index contributed by atoms with van der Waals surface area (Å²) in [6.07, 6.45) is 0. The number of hydrazone groups is 1. The van der Waals surface area contributed by atoms with Gasteiger partial charge in [0, 0.05) is 0 Å². The monoisotopic (exact) mass is 192 g/mol. The summed E-state index contributed by atoms with van der Waals surface area (Å²) in [5.41, 5.74) is 2.15. The van der Waals surface area contributed by atoms with Gasteiger partial charge in [0.15, 0.2) is 6.73 Å². The summed E-state index contributed by atoms with van der Waals surface area (Å²) >= 11 is 0. The number of aliphatic hydroxyl groups excluding tert-OH is 1. The van der Waals surface area contributed by atoms with Crippen LogP contribution >= 0.6 is 0 Å². The number of anilines is 1. The molecule has 0 spiro atoms. The molecule has 4 heteroatoms. The van der Waals surface area contributed by atoms with Crippen molar-refractivity contribution < 1.29 is 9.84 Å². The van der Waals surface area contributed by atoms with Crippen LogP contribution in [0.15, 0.2) is 29.4 Å². The summed E-state index contributed by atoms with van der Waals surface area (Å²) in [6, 6.07) is 7.92. The van der Waals surface area contributed by atoms with Crippen molar-refractivity contribution in [3.8, 4) is 0 Å². The van der Waals surface area contributed by atoms with Crippen LogP contribution in [0.25, 0.3) is 0 Å². The number of hydrogen-bond donors (Lipinski definition) is 1. The Balaban J connectivity index is 2.25. The smallest absolute Gasteiger partial charge is 0.234 e. The van der Waals surface area contributed by atoms with Crippen molar-refractivity contribution >= 4 is 11.6 Å². The maximum absolute atomic E-state index is 8.82. The van der Waals surface area contributed by atoms with Crippen LogP contribution in [0.3, 0.4) is 0 Å². The van der Waals surface area contributed by atoms with E-state index in [1.165, 1.54) is 0 Å². The summed E-state index contributed by atoms with van der Waals surface area (Å²) in [5.74, 6) is 0.369. The maximum atomic E-state index is 8.82. The summed E-state index contributed by atoms with van der Waals surface area (Å²) in [6.45, 7) is 2.24. The molecule has 0 radical (unpaired) electrons. The highest BCUT2D eigenvalue weighted by atomic mass is 16.5. The van der Waals surface area contributed by atoms with Crippen LogP contribution in [-0.4, -0.2) is 24.3 Å². The number of hydrogen-bond acceptors (Lipinski definition) is 4. The first-order chi connectivity index (χ1) is 6.81. The van der Waals surface area contributed by atoms with Crippen LogP contribution in [0.2, 0.25) is 0 Å². The molecule has 4 nitrogen and oxygen atoms in total. The quantitative estimate of drug-likeness (QED) is 0.763. The molecule has 2 rings (SSSR count). The van der Waals surface area contributed by atoms with Gasteiger partial charge >= 0.3 is 0 Å². The van der Waals surface area contributed by atoms with Crippen molar-refractivity contribution in [1.82, 2.24) is 0 Å². The Kier molecular flexibility index (Phi) is 2.37. The number of para-hydroxylation sites is 1. The van der Waals surface area contributed by atoms with E-state index in [0.29, 0.717) is 12.6 Å². The van der Waals surface area contributed by atoms with Crippen molar-refractivity contribution in [2.75, 3.05) is 18.3 Å². The minimum absolute atomic E-state index is 0.150. The normalized spacial score (nSPS) is 15.3. The standard InChI is InChI=1S/C10H12N2O2/c1-8-4-2-3-5-9(8)12-7-14-10(6-13)11-12/h2-5,13H,6-7H2,1H3. The summed E-state index contributed by atoms with van der Waals surface area (Å²) in [4.78, 5) is 0. The van der Waals surface area contributed by atoms with Gasteiger partial charge in [-0.3, -0.25) is 0 Å². The van der Waals surface area contributed by atoms with Crippen LogP contribution < -0.4 is 5.01 Å². The van der Waals surface area contributed by atoms with E-state index >= 15 is 0 Å². The second-order valence-electron chi connectivity index (χ2n) is 3.11. The zero-order valence-electron chi connectivity index (χ0n) is 7.97.